The summed E-state index contributed by atoms with van der Waals surface area (Å²) < 4.78 is 32.4. The van der Waals surface area contributed by atoms with E-state index in [0.717, 1.165) is 0 Å². The van der Waals surface area contributed by atoms with E-state index in [1.54, 1.807) is 13.1 Å². The summed E-state index contributed by atoms with van der Waals surface area (Å²) in [5, 5.41) is 2.96. The number of ether oxygens (including phenoxy) is 1. The molecule has 5 nitrogen and oxygen atoms in total. The van der Waals surface area contributed by atoms with Crippen LogP contribution in [-0.4, -0.2) is 35.2 Å². The van der Waals surface area contributed by atoms with Gasteiger partial charge < -0.3 is 10.1 Å². The Morgan fingerprint density at radius 3 is 2.67 bits per heavy atom. The molecular formula is C11H17BrN2O3S. The minimum atomic E-state index is -3.51. The topological polar surface area (TPSA) is 67.4 Å². The molecule has 0 aromatic heterocycles. The Morgan fingerprint density at radius 2 is 2.11 bits per heavy atom. The predicted octanol–water partition coefficient (Wildman–Crippen LogP) is 1.34. The molecule has 1 aromatic carbocycles. The first-order valence-corrected chi connectivity index (χ1v) is 7.68. The van der Waals surface area contributed by atoms with Crippen molar-refractivity contribution in [3.05, 3.63) is 22.7 Å². The Morgan fingerprint density at radius 1 is 1.44 bits per heavy atom. The summed E-state index contributed by atoms with van der Waals surface area (Å²) in [7, 11) is -0.233. The highest BCUT2D eigenvalue weighted by Crippen LogP contribution is 2.27. The van der Waals surface area contributed by atoms with Crippen molar-refractivity contribution in [2.75, 3.05) is 20.7 Å². The van der Waals surface area contributed by atoms with Crippen molar-refractivity contribution in [3.8, 4) is 5.75 Å². The molecule has 0 aliphatic carbocycles. The van der Waals surface area contributed by atoms with Gasteiger partial charge in [-0.1, -0.05) is 0 Å². The number of rotatable bonds is 6. The van der Waals surface area contributed by atoms with Crippen LogP contribution < -0.4 is 14.8 Å². The Balaban J connectivity index is 2.91. The van der Waals surface area contributed by atoms with Crippen molar-refractivity contribution in [1.82, 2.24) is 10.0 Å². The van der Waals surface area contributed by atoms with Gasteiger partial charge in [-0.05, 0) is 42.0 Å². The predicted molar refractivity (Wildman–Crippen MR) is 74.4 cm³/mol. The number of sulfonamides is 1. The van der Waals surface area contributed by atoms with Gasteiger partial charge >= 0.3 is 0 Å². The van der Waals surface area contributed by atoms with E-state index in [2.05, 4.69) is 26.0 Å². The molecule has 1 rings (SSSR count). The Bertz CT molecular complexity index is 505. The number of methoxy groups -OCH3 is 1. The monoisotopic (exact) mass is 336 g/mol. The van der Waals surface area contributed by atoms with E-state index in [-0.39, 0.29) is 10.9 Å². The van der Waals surface area contributed by atoms with E-state index in [1.807, 2.05) is 6.92 Å². The van der Waals surface area contributed by atoms with Crippen molar-refractivity contribution < 1.29 is 13.2 Å². The largest absolute Gasteiger partial charge is 0.496 e. The summed E-state index contributed by atoms with van der Waals surface area (Å²) in [6.45, 7) is 2.22. The van der Waals surface area contributed by atoms with Gasteiger partial charge in [-0.3, -0.25) is 0 Å². The molecule has 2 N–H and O–H groups in total. The Hall–Kier alpha value is -0.630. The zero-order valence-corrected chi connectivity index (χ0v) is 12.9. The summed E-state index contributed by atoms with van der Waals surface area (Å²) in [6.07, 6.45) is 0. The van der Waals surface area contributed by atoms with Gasteiger partial charge in [0, 0.05) is 18.7 Å². The molecule has 1 atom stereocenters. The molecule has 0 radical (unpaired) electrons. The van der Waals surface area contributed by atoms with E-state index in [4.69, 9.17) is 4.74 Å². The Kier molecular flexibility index (Phi) is 5.58. The molecule has 0 fully saturated rings. The van der Waals surface area contributed by atoms with Crippen LogP contribution in [0.15, 0.2) is 27.6 Å². The molecular weight excluding hydrogens is 320 g/mol. The van der Waals surface area contributed by atoms with Gasteiger partial charge in [-0.2, -0.15) is 0 Å². The fourth-order valence-corrected chi connectivity index (χ4v) is 2.78. The van der Waals surface area contributed by atoms with Gasteiger partial charge in [0.05, 0.1) is 16.5 Å². The van der Waals surface area contributed by atoms with Crippen molar-refractivity contribution in [2.24, 2.45) is 0 Å². The molecule has 1 unspecified atom stereocenters. The minimum Gasteiger partial charge on any atom is -0.496 e. The normalized spacial score (nSPS) is 13.3. The molecule has 7 heteroatoms. The van der Waals surface area contributed by atoms with Crippen LogP contribution in [0.4, 0.5) is 0 Å². The lowest BCUT2D eigenvalue weighted by Crippen LogP contribution is -2.37. The van der Waals surface area contributed by atoms with Crippen LogP contribution in [0.5, 0.6) is 5.75 Å². The molecule has 0 saturated carbocycles. The molecule has 0 bridgehead atoms. The average molecular weight is 337 g/mol. The van der Waals surface area contributed by atoms with Crippen LogP contribution in [0.1, 0.15) is 6.92 Å². The number of hydrogen-bond acceptors (Lipinski definition) is 4. The quantitative estimate of drug-likeness (QED) is 0.822. The smallest absolute Gasteiger partial charge is 0.240 e. The SMILES string of the molecule is CNC(C)CNS(=O)(=O)c1ccc(Br)c(OC)c1. The fraction of sp³-hybridized carbons (Fsp3) is 0.455. The highest BCUT2D eigenvalue weighted by atomic mass is 79.9. The van der Waals surface area contributed by atoms with Crippen LogP contribution in [-0.2, 0) is 10.0 Å². The first-order valence-electron chi connectivity index (χ1n) is 5.41. The van der Waals surface area contributed by atoms with Crippen LogP contribution >= 0.6 is 15.9 Å². The molecule has 0 aliphatic heterocycles. The molecule has 0 heterocycles. The van der Waals surface area contributed by atoms with Crippen molar-refractivity contribution in [3.63, 3.8) is 0 Å². The summed E-state index contributed by atoms with van der Waals surface area (Å²) in [5.41, 5.74) is 0. The first kappa shape index (κ1) is 15.4. The molecule has 1 aromatic rings. The standard InChI is InChI=1S/C11H17BrN2O3S/c1-8(13-2)7-14-18(15,16)9-4-5-10(12)11(6-9)17-3/h4-6,8,13-14H,7H2,1-3H3. The van der Waals surface area contributed by atoms with E-state index in [9.17, 15) is 8.42 Å². The average Bonchev–Trinajstić information content (AvgIpc) is 2.36. The van der Waals surface area contributed by atoms with E-state index >= 15 is 0 Å². The van der Waals surface area contributed by atoms with Gasteiger partial charge in [0.1, 0.15) is 5.75 Å². The number of halogens is 1. The highest BCUT2D eigenvalue weighted by Gasteiger charge is 2.16. The number of hydrogen-bond donors (Lipinski definition) is 2. The minimum absolute atomic E-state index is 0.0668. The molecule has 18 heavy (non-hydrogen) atoms. The maximum absolute atomic E-state index is 12.0. The second-order valence-electron chi connectivity index (χ2n) is 3.84. The fourth-order valence-electron chi connectivity index (χ4n) is 1.23. The molecule has 0 saturated heterocycles. The van der Waals surface area contributed by atoms with Gasteiger partial charge in [0.15, 0.2) is 0 Å². The molecule has 0 spiro atoms. The van der Waals surface area contributed by atoms with Gasteiger partial charge in [0.25, 0.3) is 0 Å². The number of likely N-dealkylation sites (N-methyl/N-ethyl adjacent to an activating group) is 1. The third kappa shape index (κ3) is 3.94. The van der Waals surface area contributed by atoms with Gasteiger partial charge in [-0.15, -0.1) is 0 Å². The third-order valence-corrected chi connectivity index (χ3v) is 4.58. The second kappa shape index (κ2) is 6.51. The third-order valence-electron chi connectivity index (χ3n) is 2.51. The van der Waals surface area contributed by atoms with Crippen LogP contribution in [0, 0.1) is 0 Å². The lowest BCUT2D eigenvalue weighted by molar-refractivity contribution is 0.410. The molecule has 0 aliphatic rings. The Labute approximate surface area is 116 Å². The maximum atomic E-state index is 12.0. The second-order valence-corrected chi connectivity index (χ2v) is 6.46. The lowest BCUT2D eigenvalue weighted by Gasteiger charge is -2.12. The van der Waals surface area contributed by atoms with Crippen molar-refractivity contribution in [1.29, 1.82) is 0 Å². The van der Waals surface area contributed by atoms with Crippen LogP contribution in [0.2, 0.25) is 0 Å². The van der Waals surface area contributed by atoms with Crippen LogP contribution in [0.3, 0.4) is 0 Å². The summed E-state index contributed by atoms with van der Waals surface area (Å²) in [6, 6.07) is 4.72. The van der Waals surface area contributed by atoms with Crippen molar-refractivity contribution >= 4 is 26.0 Å². The molecule has 0 amide bonds. The maximum Gasteiger partial charge on any atom is 0.240 e. The summed E-state index contributed by atoms with van der Waals surface area (Å²) in [4.78, 5) is 0.186. The van der Waals surface area contributed by atoms with Crippen LogP contribution in [0.25, 0.3) is 0 Å². The summed E-state index contributed by atoms with van der Waals surface area (Å²) >= 11 is 3.28. The zero-order chi connectivity index (χ0) is 13.8. The van der Waals surface area contributed by atoms with E-state index in [1.165, 1.54) is 19.2 Å². The van der Waals surface area contributed by atoms with E-state index < -0.39 is 10.0 Å². The lowest BCUT2D eigenvalue weighted by atomic mass is 10.3. The zero-order valence-electron chi connectivity index (χ0n) is 10.5. The highest BCUT2D eigenvalue weighted by molar-refractivity contribution is 9.10. The number of benzene rings is 1. The number of nitrogens with one attached hydrogen (secondary N) is 2. The molecule has 102 valence electrons. The van der Waals surface area contributed by atoms with E-state index in [0.29, 0.717) is 16.8 Å². The first-order chi connectivity index (χ1) is 8.40. The summed E-state index contributed by atoms with van der Waals surface area (Å²) in [5.74, 6) is 0.486. The van der Waals surface area contributed by atoms with Gasteiger partial charge in [-0.25, -0.2) is 13.1 Å². The van der Waals surface area contributed by atoms with Crippen molar-refractivity contribution in [2.45, 2.75) is 17.9 Å². The van der Waals surface area contributed by atoms with Gasteiger partial charge in [0.2, 0.25) is 10.0 Å².